The quantitative estimate of drug-likeness (QED) is 0.735. The summed E-state index contributed by atoms with van der Waals surface area (Å²) in [5, 5.41) is 8.93. The molecule has 1 aromatic carbocycles. The second-order valence-corrected chi connectivity index (χ2v) is 4.13. The molecule has 0 bridgehead atoms. The number of para-hydroxylation sites is 1. The minimum atomic E-state index is -0.868. The first-order chi connectivity index (χ1) is 8.27. The molecule has 4 nitrogen and oxygen atoms in total. The second-order valence-electron chi connectivity index (χ2n) is 4.13. The molecule has 0 aromatic heterocycles. The fourth-order valence-corrected chi connectivity index (χ4v) is 1.66. The lowest BCUT2D eigenvalue weighted by atomic mass is 10.2. The topological polar surface area (TPSA) is 55.8 Å². The van der Waals surface area contributed by atoms with Crippen molar-refractivity contribution in [3.63, 3.8) is 0 Å². The first-order valence-electron chi connectivity index (χ1n) is 5.79. The van der Waals surface area contributed by atoms with Gasteiger partial charge in [0.25, 0.3) is 0 Å². The van der Waals surface area contributed by atoms with E-state index in [9.17, 15) is 4.79 Å². The van der Waals surface area contributed by atoms with E-state index in [1.165, 1.54) is 0 Å². The van der Waals surface area contributed by atoms with E-state index in [0.29, 0.717) is 13.2 Å². The number of ether oxygens (including phenoxy) is 2. The van der Waals surface area contributed by atoms with Crippen molar-refractivity contribution in [3.05, 3.63) is 30.3 Å². The predicted molar refractivity (Wildman–Crippen MR) is 62.0 cm³/mol. The number of benzene rings is 1. The largest absolute Gasteiger partial charge is 0.491 e. The lowest BCUT2D eigenvalue weighted by Crippen LogP contribution is -2.27. The van der Waals surface area contributed by atoms with Crippen molar-refractivity contribution in [2.24, 2.45) is 5.92 Å². The van der Waals surface area contributed by atoms with Gasteiger partial charge in [0.15, 0.2) is 6.10 Å². The Kier molecular flexibility index (Phi) is 3.98. The maximum atomic E-state index is 10.9. The van der Waals surface area contributed by atoms with Crippen molar-refractivity contribution in [2.45, 2.75) is 18.9 Å². The van der Waals surface area contributed by atoms with Gasteiger partial charge in [0.05, 0.1) is 6.61 Å². The van der Waals surface area contributed by atoms with Crippen molar-refractivity contribution in [1.29, 1.82) is 0 Å². The molecule has 1 atom stereocenters. The highest BCUT2D eigenvalue weighted by atomic mass is 16.5. The average molecular weight is 236 g/mol. The maximum absolute atomic E-state index is 10.9. The molecule has 17 heavy (non-hydrogen) atoms. The van der Waals surface area contributed by atoms with Gasteiger partial charge in [-0.25, -0.2) is 4.79 Å². The molecular formula is C13H16O4. The van der Waals surface area contributed by atoms with E-state index in [-0.39, 0.29) is 5.92 Å². The number of carboxylic acids is 1. The van der Waals surface area contributed by atoms with Crippen LogP contribution in [0.15, 0.2) is 30.3 Å². The summed E-state index contributed by atoms with van der Waals surface area (Å²) in [4.78, 5) is 10.9. The van der Waals surface area contributed by atoms with Crippen molar-refractivity contribution < 1.29 is 19.4 Å². The van der Waals surface area contributed by atoms with Crippen molar-refractivity contribution in [2.75, 3.05) is 13.2 Å². The average Bonchev–Trinajstić information content (AvgIpc) is 3.14. The minimum absolute atomic E-state index is 0.198. The van der Waals surface area contributed by atoms with Crippen LogP contribution in [0.3, 0.4) is 0 Å². The maximum Gasteiger partial charge on any atom is 0.333 e. The fraction of sp³-hybridized carbons (Fsp3) is 0.462. The molecule has 0 amide bonds. The molecule has 1 unspecified atom stereocenters. The number of aliphatic carboxylic acids is 1. The molecule has 1 aromatic rings. The van der Waals surface area contributed by atoms with E-state index >= 15 is 0 Å². The van der Waals surface area contributed by atoms with Crippen molar-refractivity contribution in [3.8, 4) is 5.75 Å². The minimum Gasteiger partial charge on any atom is -0.491 e. The van der Waals surface area contributed by atoms with Crippen LogP contribution in [0.1, 0.15) is 12.8 Å². The van der Waals surface area contributed by atoms with Gasteiger partial charge >= 0.3 is 5.97 Å². The summed E-state index contributed by atoms with van der Waals surface area (Å²) in [6, 6.07) is 9.41. The smallest absolute Gasteiger partial charge is 0.333 e. The van der Waals surface area contributed by atoms with Gasteiger partial charge in [0.2, 0.25) is 0 Å². The SMILES string of the molecule is O=C(O)C(OCCOc1ccccc1)C1CC1. The van der Waals surface area contributed by atoms with Crippen LogP contribution >= 0.6 is 0 Å². The second kappa shape index (κ2) is 5.68. The van der Waals surface area contributed by atoms with Gasteiger partial charge in [0, 0.05) is 0 Å². The molecule has 1 N–H and O–H groups in total. The van der Waals surface area contributed by atoms with E-state index in [1.54, 1.807) is 0 Å². The zero-order valence-electron chi connectivity index (χ0n) is 9.54. The summed E-state index contributed by atoms with van der Waals surface area (Å²) >= 11 is 0. The highest BCUT2D eigenvalue weighted by molar-refractivity contribution is 5.73. The van der Waals surface area contributed by atoms with Gasteiger partial charge in [-0.1, -0.05) is 18.2 Å². The Bertz CT molecular complexity index is 359. The van der Waals surface area contributed by atoms with Crippen LogP contribution < -0.4 is 4.74 Å². The lowest BCUT2D eigenvalue weighted by Gasteiger charge is -2.13. The Morgan fingerprint density at radius 1 is 1.29 bits per heavy atom. The Balaban J connectivity index is 1.67. The molecule has 1 saturated carbocycles. The van der Waals surface area contributed by atoms with Crippen LogP contribution in [0.4, 0.5) is 0 Å². The number of carboxylic acid groups (broad SMARTS) is 1. The summed E-state index contributed by atoms with van der Waals surface area (Å²) in [5.41, 5.74) is 0. The van der Waals surface area contributed by atoms with Crippen LogP contribution in [0, 0.1) is 5.92 Å². The Morgan fingerprint density at radius 3 is 2.59 bits per heavy atom. The third-order valence-electron chi connectivity index (χ3n) is 2.69. The Morgan fingerprint density at radius 2 is 2.00 bits per heavy atom. The lowest BCUT2D eigenvalue weighted by molar-refractivity contribution is -0.152. The molecule has 0 radical (unpaired) electrons. The van der Waals surface area contributed by atoms with Gasteiger partial charge in [-0.3, -0.25) is 0 Å². The Labute approximate surface area is 100 Å². The zero-order chi connectivity index (χ0) is 12.1. The molecule has 0 aliphatic heterocycles. The number of hydrogen-bond acceptors (Lipinski definition) is 3. The summed E-state index contributed by atoms with van der Waals surface area (Å²) in [6.45, 7) is 0.683. The van der Waals surface area contributed by atoms with Crippen LogP contribution in [-0.4, -0.2) is 30.4 Å². The molecule has 2 rings (SSSR count). The number of hydrogen-bond donors (Lipinski definition) is 1. The van der Waals surface area contributed by atoms with E-state index < -0.39 is 12.1 Å². The Hall–Kier alpha value is -1.55. The van der Waals surface area contributed by atoms with Gasteiger partial charge in [-0.15, -0.1) is 0 Å². The summed E-state index contributed by atoms with van der Waals surface area (Å²) in [5.74, 6) is 0.103. The summed E-state index contributed by atoms with van der Waals surface area (Å²) < 4.78 is 10.7. The number of rotatable bonds is 7. The normalized spacial score (nSPS) is 16.5. The summed E-state index contributed by atoms with van der Waals surface area (Å²) in [7, 11) is 0. The van der Waals surface area contributed by atoms with Crippen LogP contribution in [-0.2, 0) is 9.53 Å². The van der Waals surface area contributed by atoms with Gasteiger partial charge < -0.3 is 14.6 Å². The predicted octanol–water partition coefficient (Wildman–Crippen LogP) is 1.95. The monoisotopic (exact) mass is 236 g/mol. The van der Waals surface area contributed by atoms with Crippen LogP contribution in [0.25, 0.3) is 0 Å². The number of carbonyl (C=O) groups is 1. The molecule has 92 valence electrons. The molecule has 1 fully saturated rings. The standard InChI is InChI=1S/C13H16O4/c14-13(15)12(10-6-7-10)17-9-8-16-11-4-2-1-3-5-11/h1-5,10,12H,6-9H2,(H,14,15). The van der Waals surface area contributed by atoms with Gasteiger partial charge in [-0.05, 0) is 30.9 Å². The zero-order valence-corrected chi connectivity index (χ0v) is 9.54. The molecule has 1 aliphatic carbocycles. The molecule has 1 aliphatic rings. The van der Waals surface area contributed by atoms with E-state index in [4.69, 9.17) is 14.6 Å². The van der Waals surface area contributed by atoms with E-state index in [1.807, 2.05) is 30.3 Å². The van der Waals surface area contributed by atoms with Gasteiger partial charge in [-0.2, -0.15) is 0 Å². The van der Waals surface area contributed by atoms with Crippen molar-refractivity contribution >= 4 is 5.97 Å². The first kappa shape index (κ1) is 11.9. The molecule has 0 saturated heterocycles. The molecule has 0 heterocycles. The van der Waals surface area contributed by atoms with E-state index in [0.717, 1.165) is 18.6 Å². The first-order valence-corrected chi connectivity index (χ1v) is 5.79. The van der Waals surface area contributed by atoms with Crippen LogP contribution in [0.5, 0.6) is 5.75 Å². The van der Waals surface area contributed by atoms with E-state index in [2.05, 4.69) is 0 Å². The van der Waals surface area contributed by atoms with Crippen molar-refractivity contribution in [1.82, 2.24) is 0 Å². The van der Waals surface area contributed by atoms with Crippen LogP contribution in [0.2, 0.25) is 0 Å². The third-order valence-corrected chi connectivity index (χ3v) is 2.69. The molecular weight excluding hydrogens is 220 g/mol. The third kappa shape index (κ3) is 3.75. The summed E-state index contributed by atoms with van der Waals surface area (Å²) in [6.07, 6.45) is 1.25. The highest BCUT2D eigenvalue weighted by Crippen LogP contribution is 2.34. The molecule has 4 heteroatoms. The fourth-order valence-electron chi connectivity index (χ4n) is 1.66. The highest BCUT2D eigenvalue weighted by Gasteiger charge is 2.36. The molecule has 0 spiro atoms. The van der Waals surface area contributed by atoms with Gasteiger partial charge in [0.1, 0.15) is 12.4 Å².